The highest BCUT2D eigenvalue weighted by Crippen LogP contribution is 2.26. The molecule has 0 atom stereocenters. The molecule has 104 valence electrons. The molecule has 0 aliphatic carbocycles. The standard InChI is InChI=1S/C13H8BrClF2N2O/c14-8-2-1-6(3-9(8)15)19-13(20)7-4-10(16)11(17)5-12(7)18/h1-5H,18H2,(H,19,20). The van der Waals surface area contributed by atoms with Crippen LogP contribution in [0.15, 0.2) is 34.8 Å². The first kappa shape index (κ1) is 14.7. The molecular weight excluding hydrogens is 354 g/mol. The van der Waals surface area contributed by atoms with E-state index in [1.54, 1.807) is 12.1 Å². The predicted molar refractivity (Wildman–Crippen MR) is 77.9 cm³/mol. The van der Waals surface area contributed by atoms with Crippen LogP contribution in [0.3, 0.4) is 0 Å². The average molecular weight is 362 g/mol. The van der Waals surface area contributed by atoms with E-state index in [4.69, 9.17) is 17.3 Å². The monoisotopic (exact) mass is 360 g/mol. The Morgan fingerprint density at radius 3 is 2.50 bits per heavy atom. The van der Waals surface area contributed by atoms with Crippen molar-refractivity contribution in [2.75, 3.05) is 11.1 Å². The van der Waals surface area contributed by atoms with Crippen LogP contribution in [-0.4, -0.2) is 5.91 Å². The van der Waals surface area contributed by atoms with Gasteiger partial charge in [-0.15, -0.1) is 0 Å². The molecule has 2 aromatic carbocycles. The first-order valence-corrected chi connectivity index (χ1v) is 6.56. The van der Waals surface area contributed by atoms with E-state index < -0.39 is 17.5 Å². The van der Waals surface area contributed by atoms with Crippen LogP contribution in [0, 0.1) is 11.6 Å². The number of nitrogen functional groups attached to an aromatic ring is 1. The minimum absolute atomic E-state index is 0.149. The third kappa shape index (κ3) is 3.08. The van der Waals surface area contributed by atoms with Gasteiger partial charge in [-0.05, 0) is 40.2 Å². The van der Waals surface area contributed by atoms with Crippen molar-refractivity contribution in [3.63, 3.8) is 0 Å². The summed E-state index contributed by atoms with van der Waals surface area (Å²) < 4.78 is 26.7. The van der Waals surface area contributed by atoms with Gasteiger partial charge in [-0.2, -0.15) is 0 Å². The van der Waals surface area contributed by atoms with E-state index in [1.807, 2.05) is 0 Å². The van der Waals surface area contributed by atoms with Gasteiger partial charge < -0.3 is 11.1 Å². The highest BCUT2D eigenvalue weighted by Gasteiger charge is 2.14. The summed E-state index contributed by atoms with van der Waals surface area (Å²) in [6.07, 6.45) is 0. The fourth-order valence-electron chi connectivity index (χ4n) is 1.53. The van der Waals surface area contributed by atoms with Crippen LogP contribution in [0.25, 0.3) is 0 Å². The summed E-state index contributed by atoms with van der Waals surface area (Å²) in [7, 11) is 0. The number of hydrogen-bond acceptors (Lipinski definition) is 2. The lowest BCUT2D eigenvalue weighted by molar-refractivity contribution is 0.102. The average Bonchev–Trinajstić information content (AvgIpc) is 2.38. The number of rotatable bonds is 2. The van der Waals surface area contributed by atoms with Gasteiger partial charge in [0.05, 0.1) is 10.6 Å². The molecule has 0 aliphatic rings. The van der Waals surface area contributed by atoms with Crippen molar-refractivity contribution in [1.29, 1.82) is 0 Å². The normalized spacial score (nSPS) is 10.4. The number of nitrogens with one attached hydrogen (secondary N) is 1. The zero-order valence-electron chi connectivity index (χ0n) is 9.88. The molecule has 3 N–H and O–H groups in total. The van der Waals surface area contributed by atoms with Gasteiger partial charge in [-0.25, -0.2) is 8.78 Å². The van der Waals surface area contributed by atoms with Crippen molar-refractivity contribution in [2.45, 2.75) is 0 Å². The Labute approximate surface area is 126 Å². The lowest BCUT2D eigenvalue weighted by Gasteiger charge is -2.09. The van der Waals surface area contributed by atoms with Crippen molar-refractivity contribution < 1.29 is 13.6 Å². The number of anilines is 2. The van der Waals surface area contributed by atoms with E-state index in [9.17, 15) is 13.6 Å². The number of halogens is 4. The molecule has 0 aliphatic heterocycles. The predicted octanol–water partition coefficient (Wildman–Crippen LogP) is 4.22. The summed E-state index contributed by atoms with van der Waals surface area (Å²) >= 11 is 9.10. The molecule has 0 unspecified atom stereocenters. The largest absolute Gasteiger partial charge is 0.398 e. The first-order valence-electron chi connectivity index (χ1n) is 5.39. The molecule has 0 aromatic heterocycles. The maximum Gasteiger partial charge on any atom is 0.257 e. The Morgan fingerprint density at radius 2 is 1.85 bits per heavy atom. The van der Waals surface area contributed by atoms with Crippen molar-refractivity contribution in [1.82, 2.24) is 0 Å². The summed E-state index contributed by atoms with van der Waals surface area (Å²) in [4.78, 5) is 12.0. The maximum absolute atomic E-state index is 13.1. The summed E-state index contributed by atoms with van der Waals surface area (Å²) in [6.45, 7) is 0. The molecule has 3 nitrogen and oxygen atoms in total. The molecule has 1 amide bonds. The summed E-state index contributed by atoms with van der Waals surface area (Å²) in [5.41, 5.74) is 5.61. The lowest BCUT2D eigenvalue weighted by atomic mass is 10.1. The third-order valence-corrected chi connectivity index (χ3v) is 3.75. The molecule has 0 radical (unpaired) electrons. The van der Waals surface area contributed by atoms with Crippen LogP contribution in [0.4, 0.5) is 20.2 Å². The van der Waals surface area contributed by atoms with Crippen LogP contribution in [0.2, 0.25) is 5.02 Å². The van der Waals surface area contributed by atoms with Crippen LogP contribution in [0.5, 0.6) is 0 Å². The molecule has 2 rings (SSSR count). The van der Waals surface area contributed by atoms with E-state index in [0.717, 1.165) is 12.1 Å². The summed E-state index contributed by atoms with van der Waals surface area (Å²) in [5, 5.41) is 2.90. The smallest absolute Gasteiger partial charge is 0.257 e. The van der Waals surface area contributed by atoms with Gasteiger partial charge >= 0.3 is 0 Å². The zero-order valence-corrected chi connectivity index (χ0v) is 12.2. The zero-order chi connectivity index (χ0) is 14.9. The molecule has 0 heterocycles. The second-order valence-corrected chi connectivity index (χ2v) is 5.20. The molecule has 2 aromatic rings. The van der Waals surface area contributed by atoms with Crippen LogP contribution in [-0.2, 0) is 0 Å². The van der Waals surface area contributed by atoms with E-state index in [1.165, 1.54) is 6.07 Å². The molecule has 20 heavy (non-hydrogen) atoms. The Morgan fingerprint density at radius 1 is 1.20 bits per heavy atom. The fraction of sp³-hybridized carbons (Fsp3) is 0. The fourth-order valence-corrected chi connectivity index (χ4v) is 1.96. The lowest BCUT2D eigenvalue weighted by Crippen LogP contribution is -2.15. The Balaban J connectivity index is 2.28. The Kier molecular flexibility index (Phi) is 4.25. The van der Waals surface area contributed by atoms with E-state index in [2.05, 4.69) is 21.2 Å². The minimum atomic E-state index is -1.14. The second-order valence-electron chi connectivity index (χ2n) is 3.94. The number of nitrogens with two attached hydrogens (primary N) is 1. The highest BCUT2D eigenvalue weighted by molar-refractivity contribution is 9.10. The van der Waals surface area contributed by atoms with Crippen LogP contribution >= 0.6 is 27.5 Å². The Hall–Kier alpha value is -1.66. The van der Waals surface area contributed by atoms with Crippen molar-refractivity contribution in [3.05, 3.63) is 57.0 Å². The topological polar surface area (TPSA) is 55.1 Å². The van der Waals surface area contributed by atoms with Gasteiger partial charge in [0.25, 0.3) is 5.91 Å². The molecule has 7 heteroatoms. The Bertz CT molecular complexity index is 694. The molecule has 0 spiro atoms. The van der Waals surface area contributed by atoms with E-state index in [-0.39, 0.29) is 11.3 Å². The van der Waals surface area contributed by atoms with Gasteiger partial charge in [0.2, 0.25) is 0 Å². The molecule has 0 bridgehead atoms. The molecule has 0 fully saturated rings. The van der Waals surface area contributed by atoms with E-state index in [0.29, 0.717) is 15.2 Å². The van der Waals surface area contributed by atoms with Gasteiger partial charge in [-0.3, -0.25) is 4.79 Å². The van der Waals surface area contributed by atoms with Crippen LogP contribution in [0.1, 0.15) is 10.4 Å². The second kappa shape index (κ2) is 5.76. The number of carbonyl (C=O) groups is 1. The molecular formula is C13H8BrClF2N2O. The van der Waals surface area contributed by atoms with Gasteiger partial charge in [0, 0.05) is 21.9 Å². The van der Waals surface area contributed by atoms with Gasteiger partial charge in [0.15, 0.2) is 11.6 Å². The highest BCUT2D eigenvalue weighted by atomic mass is 79.9. The molecule has 0 saturated carbocycles. The van der Waals surface area contributed by atoms with Crippen LogP contribution < -0.4 is 11.1 Å². The van der Waals surface area contributed by atoms with Gasteiger partial charge in [-0.1, -0.05) is 11.6 Å². The number of benzene rings is 2. The SMILES string of the molecule is Nc1cc(F)c(F)cc1C(=O)Nc1ccc(Br)c(Cl)c1. The van der Waals surface area contributed by atoms with Crippen molar-refractivity contribution in [3.8, 4) is 0 Å². The van der Waals surface area contributed by atoms with Gasteiger partial charge in [0.1, 0.15) is 0 Å². The summed E-state index contributed by atoms with van der Waals surface area (Å²) in [6, 6.07) is 6.27. The molecule has 0 saturated heterocycles. The van der Waals surface area contributed by atoms with Crippen molar-refractivity contribution in [2.24, 2.45) is 0 Å². The number of amides is 1. The first-order chi connectivity index (χ1) is 9.38. The number of hydrogen-bond donors (Lipinski definition) is 2. The minimum Gasteiger partial charge on any atom is -0.398 e. The number of carbonyl (C=O) groups excluding carboxylic acids is 1. The quantitative estimate of drug-likeness (QED) is 0.787. The third-order valence-electron chi connectivity index (χ3n) is 2.51. The summed E-state index contributed by atoms with van der Waals surface area (Å²) in [5.74, 6) is -2.90. The van der Waals surface area contributed by atoms with E-state index >= 15 is 0 Å². The van der Waals surface area contributed by atoms with Crippen molar-refractivity contribution >= 4 is 44.8 Å². The maximum atomic E-state index is 13.1.